The number of carbonyl (C=O) groups is 5. The molecule has 0 radical (unpaired) electrons. The summed E-state index contributed by atoms with van der Waals surface area (Å²) < 4.78 is 51.9. The summed E-state index contributed by atoms with van der Waals surface area (Å²) in [5.41, 5.74) is -3.86. The Bertz CT molecular complexity index is 2480. The lowest BCUT2D eigenvalue weighted by Gasteiger charge is -2.43. The summed E-state index contributed by atoms with van der Waals surface area (Å²) in [6, 6.07) is 3.80. The highest BCUT2D eigenvalue weighted by molar-refractivity contribution is 7.45. The van der Waals surface area contributed by atoms with Crippen LogP contribution in [0.3, 0.4) is 0 Å². The molecule has 2 aromatic carbocycles. The number of nitrogens with zero attached hydrogens (tertiary/aromatic N) is 1. The number of ketones is 3. The van der Waals surface area contributed by atoms with Gasteiger partial charge in [-0.2, -0.15) is 0 Å². The van der Waals surface area contributed by atoms with Gasteiger partial charge in [0.2, 0.25) is 5.78 Å². The predicted molar refractivity (Wildman–Crippen MR) is 306 cm³/mol. The highest BCUT2D eigenvalue weighted by Crippen LogP contribution is 2.53. The number of aromatic hydroxyl groups is 2. The van der Waals surface area contributed by atoms with Crippen LogP contribution in [-0.2, 0) is 53.4 Å². The minimum atomic E-state index is -4.75. The number of fused-ring (bicyclic) bond motifs is 3. The molecule has 1 heterocycles. The Balaban J connectivity index is 1.05. The second-order valence-corrected chi connectivity index (χ2v) is 25.1. The van der Waals surface area contributed by atoms with Crippen molar-refractivity contribution in [2.24, 2.45) is 0 Å². The van der Waals surface area contributed by atoms with E-state index in [4.69, 9.17) is 32.7 Å². The van der Waals surface area contributed by atoms with Gasteiger partial charge in [0, 0.05) is 54.8 Å². The first-order valence-electron chi connectivity index (χ1n) is 30.3. The lowest BCUT2D eigenvalue weighted by Crippen LogP contribution is -2.54. The van der Waals surface area contributed by atoms with Crippen molar-refractivity contribution in [3.05, 3.63) is 51.6 Å². The Labute approximate surface area is 490 Å². The van der Waals surface area contributed by atoms with Crippen molar-refractivity contribution >= 4 is 37.1 Å². The van der Waals surface area contributed by atoms with Gasteiger partial charge in [-0.05, 0) is 38.8 Å². The Kier molecular flexibility index (Phi) is 28.5. The molecule has 1 fully saturated rings. The van der Waals surface area contributed by atoms with Crippen LogP contribution in [0.5, 0.6) is 17.2 Å². The lowest BCUT2D eigenvalue weighted by atomic mass is 9.72. The summed E-state index contributed by atoms with van der Waals surface area (Å²) in [4.78, 5) is 79.2. The molecule has 0 bridgehead atoms. The number of likely N-dealkylation sites (N-methyl/N-ethyl adjacent to an activating group) is 1. The topological polar surface area (TPSA) is 303 Å². The molecular weight excluding hydrogens is 1100 g/mol. The molecule has 6 N–H and O–H groups in total. The molecule has 0 spiro atoms. The fraction of sp³-hybridized carbons (Fsp3) is 0.721. The molecule has 3 aliphatic rings. The third-order valence-corrected chi connectivity index (χ3v) is 16.8. The molecule has 22 heteroatoms. The largest absolute Gasteiger partial charge is 0.756 e. The zero-order chi connectivity index (χ0) is 60.7. The third kappa shape index (κ3) is 21.2. The number of Topliss-reactive ketones (excluding diaryl/α,β-unsaturated/α-hetero) is 1. The van der Waals surface area contributed by atoms with Gasteiger partial charge in [0.25, 0.3) is 7.82 Å². The van der Waals surface area contributed by atoms with Crippen molar-refractivity contribution in [1.82, 2.24) is 5.32 Å². The number of rotatable bonds is 40. The first kappa shape index (κ1) is 69.4. The van der Waals surface area contributed by atoms with E-state index in [1.54, 1.807) is 6.92 Å². The van der Waals surface area contributed by atoms with Gasteiger partial charge < -0.3 is 73.0 Å². The lowest BCUT2D eigenvalue weighted by molar-refractivity contribution is -0.870. The van der Waals surface area contributed by atoms with E-state index < -0.39 is 128 Å². The molecule has 468 valence electrons. The third-order valence-electron chi connectivity index (χ3n) is 15.9. The number of quaternary nitrogens is 1. The number of ether oxygens (including phenoxy) is 5. The number of aliphatic hydroxyl groups excluding tert-OH is 2. The van der Waals surface area contributed by atoms with Crippen LogP contribution in [-0.4, -0.2) is 163 Å². The van der Waals surface area contributed by atoms with Crippen LogP contribution in [0.1, 0.15) is 217 Å². The van der Waals surface area contributed by atoms with Gasteiger partial charge >= 0.3 is 11.9 Å². The van der Waals surface area contributed by atoms with Crippen LogP contribution < -0.4 is 14.9 Å². The Hall–Kier alpha value is -4.38. The second kappa shape index (κ2) is 34.1. The number of phosphoric ester groups is 1. The number of hydrogen-bond acceptors (Lipinski definition) is 20. The Morgan fingerprint density at radius 1 is 0.807 bits per heavy atom. The molecule has 2 aromatic rings. The van der Waals surface area contributed by atoms with Gasteiger partial charge in [-0.15, -0.1) is 0 Å². The van der Waals surface area contributed by atoms with Crippen molar-refractivity contribution in [1.29, 1.82) is 0 Å². The van der Waals surface area contributed by atoms with Crippen molar-refractivity contribution < 1.29 is 96.2 Å². The van der Waals surface area contributed by atoms with E-state index in [2.05, 4.69) is 12.2 Å². The second-order valence-electron chi connectivity index (χ2n) is 23.7. The highest BCUT2D eigenvalue weighted by Gasteiger charge is 2.50. The van der Waals surface area contributed by atoms with Crippen LogP contribution >= 0.6 is 7.82 Å². The molecule has 2 unspecified atom stereocenters. The monoisotopic (exact) mass is 1190 g/mol. The van der Waals surface area contributed by atoms with Gasteiger partial charge in [-0.1, -0.05) is 128 Å². The van der Waals surface area contributed by atoms with E-state index in [1.807, 2.05) is 21.1 Å². The van der Waals surface area contributed by atoms with E-state index in [-0.39, 0.29) is 60.5 Å². The molecule has 5 rings (SSSR count). The first-order chi connectivity index (χ1) is 39.5. The number of nitrogens with one attached hydrogen (secondary N) is 1. The van der Waals surface area contributed by atoms with E-state index in [0.29, 0.717) is 36.8 Å². The van der Waals surface area contributed by atoms with Gasteiger partial charge in [-0.3, -0.25) is 28.5 Å². The standard InChI is InChI=1S/C61H95N2O19P/c1-7-8-9-10-11-12-13-14-15-16-17-18-21-24-30-49(66)77-39-42(40-79-83(74,75)78-34-33-63(3,4)5)81-50(67)31-25-22-19-20-23-26-32-62-45-35-51(80-41(2)56(45)68)82-47-37-61(73,48(65)38-64)36-44-53(47)60(72)55-54(58(44)70)57(69)43-28-27-29-46(76-6)52(43)59(55)71/h27-29,41-42,45,47,51,56,62,64,68,73H,7-26,30-40H2,1-6H3,(H2-,69,70,71,72,74,75)/t41-,42+,45-,47-,51?,56+,61-/m0/s1. The fourth-order valence-corrected chi connectivity index (χ4v) is 11.8. The number of carbonyl (C=O) groups excluding carboxylic acids is 5. The summed E-state index contributed by atoms with van der Waals surface area (Å²) in [6.07, 6.45) is 14.7. The Morgan fingerprint density at radius 2 is 1.39 bits per heavy atom. The first-order valence-corrected chi connectivity index (χ1v) is 31.7. The number of esters is 2. The number of aliphatic hydroxyl groups is 3. The maximum absolute atomic E-state index is 14.1. The number of methoxy groups -OCH3 is 1. The quantitative estimate of drug-likeness (QED) is 0.0104. The van der Waals surface area contributed by atoms with E-state index in [1.165, 1.54) is 89.5 Å². The van der Waals surface area contributed by atoms with Gasteiger partial charge in [-0.25, -0.2) is 0 Å². The van der Waals surface area contributed by atoms with E-state index in [0.717, 1.165) is 44.9 Å². The maximum atomic E-state index is 14.1. The van der Waals surface area contributed by atoms with Crippen LogP contribution in [0, 0.1) is 0 Å². The molecule has 0 aromatic heterocycles. The van der Waals surface area contributed by atoms with Crippen molar-refractivity contribution in [2.75, 3.05) is 67.8 Å². The molecule has 83 heavy (non-hydrogen) atoms. The number of phenols is 2. The summed E-state index contributed by atoms with van der Waals surface area (Å²) in [5, 5.41) is 59.6. The van der Waals surface area contributed by atoms with Crippen LogP contribution in [0.2, 0.25) is 0 Å². The molecule has 0 amide bonds. The number of phosphoric acid groups is 1. The summed E-state index contributed by atoms with van der Waals surface area (Å²) in [5.74, 6) is -4.98. The van der Waals surface area contributed by atoms with E-state index >= 15 is 0 Å². The molecule has 2 aliphatic carbocycles. The molecule has 0 saturated carbocycles. The van der Waals surface area contributed by atoms with Crippen molar-refractivity contribution in [3.8, 4) is 17.2 Å². The summed E-state index contributed by atoms with van der Waals surface area (Å²) in [6.45, 7) is 2.67. The number of benzene rings is 2. The minimum absolute atomic E-state index is 0.0527. The minimum Gasteiger partial charge on any atom is -0.756 e. The van der Waals surface area contributed by atoms with Crippen LogP contribution in [0.15, 0.2) is 18.2 Å². The summed E-state index contributed by atoms with van der Waals surface area (Å²) >= 11 is 0. The molecule has 1 aliphatic heterocycles. The average molecular weight is 1190 g/mol. The molecule has 8 atom stereocenters. The zero-order valence-electron chi connectivity index (χ0n) is 50.0. The van der Waals surface area contributed by atoms with Crippen molar-refractivity contribution in [2.45, 2.75) is 217 Å². The fourth-order valence-electron chi connectivity index (χ4n) is 11.0. The van der Waals surface area contributed by atoms with Crippen LogP contribution in [0.4, 0.5) is 0 Å². The van der Waals surface area contributed by atoms with E-state index in [9.17, 15) is 59.0 Å². The zero-order valence-corrected chi connectivity index (χ0v) is 50.9. The van der Waals surface area contributed by atoms with Gasteiger partial charge in [0.1, 0.15) is 49.2 Å². The average Bonchev–Trinajstić information content (AvgIpc) is 1.54. The SMILES string of the molecule is CCCCCCCCCCCCCCCCC(=O)OC[C@H](COP(=O)([O-])OCC[N+](C)(C)C)OC(=O)CCCCCCCCN[C@H]1CC(O[C@H]2C[C@](O)(C(=O)CO)Cc3c(O)c4c(c(O)c32)C(=O)c2c(OC)cccc2C4=O)O[C@@H](C)[C@H]1O. The van der Waals surface area contributed by atoms with Gasteiger partial charge in [0.05, 0.1) is 69.9 Å². The molecule has 1 saturated heterocycles. The summed E-state index contributed by atoms with van der Waals surface area (Å²) in [7, 11) is 2.24. The number of phenolic OH excluding ortho intramolecular Hbond substituents is 2. The highest BCUT2D eigenvalue weighted by atomic mass is 31.2. The molecular formula is C61H95N2O19P. The predicted octanol–water partition coefficient (Wildman–Crippen LogP) is 7.90. The van der Waals surface area contributed by atoms with Crippen molar-refractivity contribution in [3.63, 3.8) is 0 Å². The smallest absolute Gasteiger partial charge is 0.306 e. The molecule has 21 nitrogen and oxygen atoms in total. The normalized spacial score (nSPS) is 21.6. The van der Waals surface area contributed by atoms with Crippen LogP contribution in [0.25, 0.3) is 0 Å². The number of unbranched alkanes of at least 4 members (excludes halogenated alkanes) is 18. The van der Waals surface area contributed by atoms with Gasteiger partial charge in [0.15, 0.2) is 24.0 Å². The Morgan fingerprint density at radius 3 is 1.98 bits per heavy atom. The maximum Gasteiger partial charge on any atom is 0.306 e. The number of hydrogen-bond donors (Lipinski definition) is 6.